The normalized spacial score (nSPS) is 29.6. The first-order valence-corrected chi connectivity index (χ1v) is 32.7. The van der Waals surface area contributed by atoms with E-state index in [0.717, 1.165) is 51.4 Å². The van der Waals surface area contributed by atoms with Gasteiger partial charge in [0.25, 0.3) is 0 Å². The van der Waals surface area contributed by atoms with Gasteiger partial charge in [0.2, 0.25) is 5.91 Å². The molecule has 0 saturated carbocycles. The Bertz CT molecular complexity index is 1660. The second-order valence-electron chi connectivity index (χ2n) is 23.6. The predicted octanol–water partition coefficient (Wildman–Crippen LogP) is 7.27. The predicted molar refractivity (Wildman–Crippen MR) is 319 cm³/mol. The zero-order valence-electron chi connectivity index (χ0n) is 50.9. The molecule has 0 bridgehead atoms. The van der Waals surface area contributed by atoms with Crippen LogP contribution in [0.2, 0.25) is 0 Å². The summed E-state index contributed by atoms with van der Waals surface area (Å²) in [6, 6.07) is -0.969. The number of hydrogen-bond donors (Lipinski definition) is 12. The van der Waals surface area contributed by atoms with Gasteiger partial charge in [-0.1, -0.05) is 211 Å². The number of carbonyl (C=O) groups is 1. The van der Waals surface area contributed by atoms with E-state index in [9.17, 15) is 61.0 Å². The highest BCUT2D eigenvalue weighted by molar-refractivity contribution is 5.76. The number of ether oxygens (including phenoxy) is 6. The molecule has 12 N–H and O–H groups in total. The van der Waals surface area contributed by atoms with Crippen molar-refractivity contribution in [2.45, 2.75) is 336 Å². The van der Waals surface area contributed by atoms with Crippen molar-refractivity contribution >= 4 is 5.91 Å². The lowest BCUT2D eigenvalue weighted by atomic mass is 9.96. The Morgan fingerprint density at radius 1 is 0.434 bits per heavy atom. The second kappa shape index (κ2) is 47.1. The minimum atomic E-state index is -1.98. The first kappa shape index (κ1) is 75.3. The van der Waals surface area contributed by atoms with E-state index in [1.165, 1.54) is 154 Å². The van der Waals surface area contributed by atoms with E-state index in [4.69, 9.17) is 28.4 Å². The van der Waals surface area contributed by atoms with Gasteiger partial charge < -0.3 is 89.9 Å². The highest BCUT2D eigenvalue weighted by atomic mass is 16.8. The molecule has 486 valence electrons. The fourth-order valence-corrected chi connectivity index (χ4v) is 11.0. The third-order valence-electron chi connectivity index (χ3n) is 16.4. The molecule has 0 radical (unpaired) electrons. The quantitative estimate of drug-likeness (QED) is 0.0211. The lowest BCUT2D eigenvalue weighted by Crippen LogP contribution is -2.66. The number of rotatable bonds is 49. The summed E-state index contributed by atoms with van der Waals surface area (Å²) in [4.78, 5) is 13.3. The molecular formula is C64H117NO18. The lowest BCUT2D eigenvalue weighted by Gasteiger charge is -2.48. The van der Waals surface area contributed by atoms with Crippen LogP contribution in [0.3, 0.4) is 0 Å². The zero-order valence-corrected chi connectivity index (χ0v) is 50.9. The third-order valence-corrected chi connectivity index (χ3v) is 16.4. The molecule has 1 amide bonds. The van der Waals surface area contributed by atoms with Crippen LogP contribution in [0.25, 0.3) is 0 Å². The van der Waals surface area contributed by atoms with Crippen LogP contribution in [0.5, 0.6) is 0 Å². The van der Waals surface area contributed by atoms with Crippen molar-refractivity contribution in [2.75, 3.05) is 26.4 Å². The number of hydrogen-bond acceptors (Lipinski definition) is 18. The Kier molecular flexibility index (Phi) is 42.7. The number of carbonyl (C=O) groups excluding carboxylic acids is 1. The van der Waals surface area contributed by atoms with Gasteiger partial charge in [0.05, 0.1) is 38.6 Å². The molecule has 3 heterocycles. The topological polar surface area (TPSA) is 307 Å². The highest BCUT2D eigenvalue weighted by Crippen LogP contribution is 2.33. The summed E-state index contributed by atoms with van der Waals surface area (Å²) in [7, 11) is 0. The number of allylic oxidation sites excluding steroid dienone is 5. The molecular weight excluding hydrogens is 1070 g/mol. The Balaban J connectivity index is 1.36. The second-order valence-corrected chi connectivity index (χ2v) is 23.6. The monoisotopic (exact) mass is 1190 g/mol. The number of unbranched alkanes of at least 4 members (excludes halogenated alkanes) is 29. The molecule has 83 heavy (non-hydrogen) atoms. The minimum absolute atomic E-state index is 0.245. The summed E-state index contributed by atoms with van der Waals surface area (Å²) in [6.07, 6.45) is 25.9. The summed E-state index contributed by atoms with van der Waals surface area (Å²) in [5.74, 6) is -0.277. The molecule has 3 aliphatic heterocycles. The van der Waals surface area contributed by atoms with Gasteiger partial charge in [0.1, 0.15) is 73.2 Å². The molecule has 19 heteroatoms. The lowest BCUT2D eigenvalue weighted by molar-refractivity contribution is -0.379. The van der Waals surface area contributed by atoms with E-state index in [2.05, 4.69) is 43.5 Å². The zero-order chi connectivity index (χ0) is 60.5. The van der Waals surface area contributed by atoms with Crippen LogP contribution in [0.1, 0.15) is 232 Å². The van der Waals surface area contributed by atoms with Crippen LogP contribution in [-0.2, 0) is 33.2 Å². The van der Waals surface area contributed by atoms with Crippen LogP contribution >= 0.6 is 0 Å². The van der Waals surface area contributed by atoms with E-state index < -0.39 is 124 Å². The van der Waals surface area contributed by atoms with Crippen molar-refractivity contribution in [2.24, 2.45) is 0 Å². The summed E-state index contributed by atoms with van der Waals surface area (Å²) in [6.45, 7) is 1.68. The van der Waals surface area contributed by atoms with Crippen LogP contribution in [0, 0.1) is 0 Å². The van der Waals surface area contributed by atoms with E-state index in [-0.39, 0.29) is 18.9 Å². The summed E-state index contributed by atoms with van der Waals surface area (Å²) >= 11 is 0. The molecule has 0 aromatic rings. The Morgan fingerprint density at radius 3 is 1.23 bits per heavy atom. The van der Waals surface area contributed by atoms with Gasteiger partial charge in [0.15, 0.2) is 18.9 Å². The van der Waals surface area contributed by atoms with Gasteiger partial charge in [-0.2, -0.15) is 0 Å². The van der Waals surface area contributed by atoms with Gasteiger partial charge in [0, 0.05) is 6.42 Å². The molecule has 19 nitrogen and oxygen atoms in total. The Morgan fingerprint density at radius 2 is 0.795 bits per heavy atom. The largest absolute Gasteiger partial charge is 0.394 e. The first-order chi connectivity index (χ1) is 40.3. The highest BCUT2D eigenvalue weighted by Gasteiger charge is 2.53. The van der Waals surface area contributed by atoms with Crippen LogP contribution in [-0.4, -0.2) is 193 Å². The molecule has 3 saturated heterocycles. The maximum absolute atomic E-state index is 13.3. The van der Waals surface area contributed by atoms with Crippen molar-refractivity contribution in [1.29, 1.82) is 0 Å². The minimum Gasteiger partial charge on any atom is -0.394 e. The van der Waals surface area contributed by atoms with Gasteiger partial charge in [-0.3, -0.25) is 4.79 Å². The molecule has 0 aromatic carbocycles. The van der Waals surface area contributed by atoms with Crippen LogP contribution < -0.4 is 5.32 Å². The van der Waals surface area contributed by atoms with Crippen LogP contribution in [0.15, 0.2) is 36.5 Å². The van der Waals surface area contributed by atoms with Crippen molar-refractivity contribution in [3.8, 4) is 0 Å². The number of aliphatic hydroxyl groups excluding tert-OH is 11. The van der Waals surface area contributed by atoms with Crippen molar-refractivity contribution in [3.05, 3.63) is 36.5 Å². The molecule has 3 aliphatic rings. The van der Waals surface area contributed by atoms with E-state index >= 15 is 0 Å². The van der Waals surface area contributed by atoms with Crippen molar-refractivity contribution in [1.82, 2.24) is 5.32 Å². The summed E-state index contributed by atoms with van der Waals surface area (Å²) in [5.41, 5.74) is 0. The maximum Gasteiger partial charge on any atom is 0.220 e. The molecule has 3 fully saturated rings. The average Bonchev–Trinajstić information content (AvgIpc) is 3.25. The summed E-state index contributed by atoms with van der Waals surface area (Å²) < 4.78 is 34.2. The number of nitrogens with one attached hydrogen (secondary N) is 1. The van der Waals surface area contributed by atoms with Crippen molar-refractivity contribution in [3.63, 3.8) is 0 Å². The standard InChI is InChI=1S/C64H117NO18/c1-3-5-7-9-11-13-14-15-16-17-18-19-20-21-22-23-24-25-26-27-28-29-30-31-32-34-36-38-40-42-52(70)65-47(48(69)41-39-37-35-33-12-10-8-6-4-2)46-78-62-58(76)55(73)60(50(44-67)80-62)83-64-59(77)56(74)61(51(45-68)81-64)82-63-57(75)54(72)53(71)49(43-66)79-63/h14-15,17-18,39,41,47-51,53-64,66-69,71-77H,3-13,16,19-38,40,42-46H2,1-2H3,(H,65,70)/b15-14-,18-17-,41-39+. The van der Waals surface area contributed by atoms with Crippen molar-refractivity contribution < 1.29 is 89.4 Å². The van der Waals surface area contributed by atoms with E-state index in [1.54, 1.807) is 6.08 Å². The molecule has 0 aliphatic carbocycles. The van der Waals surface area contributed by atoms with E-state index in [0.29, 0.717) is 6.42 Å². The fraction of sp³-hybridized carbons (Fsp3) is 0.891. The van der Waals surface area contributed by atoms with Gasteiger partial charge in [-0.25, -0.2) is 0 Å². The first-order valence-electron chi connectivity index (χ1n) is 32.7. The van der Waals surface area contributed by atoms with Gasteiger partial charge in [-0.15, -0.1) is 0 Å². The maximum atomic E-state index is 13.3. The van der Waals surface area contributed by atoms with Gasteiger partial charge >= 0.3 is 0 Å². The molecule has 17 unspecified atom stereocenters. The number of amides is 1. The molecule has 17 atom stereocenters. The third kappa shape index (κ3) is 30.2. The van der Waals surface area contributed by atoms with Crippen LogP contribution in [0.4, 0.5) is 0 Å². The molecule has 0 spiro atoms. The fourth-order valence-electron chi connectivity index (χ4n) is 11.0. The number of aliphatic hydroxyl groups is 11. The molecule has 3 rings (SSSR count). The smallest absolute Gasteiger partial charge is 0.220 e. The Hall–Kier alpha value is -1.99. The SMILES string of the molecule is CCCCCCC/C=C\C/C=C\CCCCCCCCCCCCCCCCCCCC(=O)NC(COC1OC(CO)C(OC2OC(CO)C(OC3OC(CO)C(O)C(O)C3O)C(O)C2O)C(O)C1O)C(O)/C=C/CCCCCCCCC. The average molecular weight is 1190 g/mol. The van der Waals surface area contributed by atoms with Gasteiger partial charge in [-0.05, 0) is 51.4 Å². The van der Waals surface area contributed by atoms with E-state index in [1.807, 2.05) is 6.08 Å². The Labute approximate surface area is 498 Å². The summed E-state index contributed by atoms with van der Waals surface area (Å²) in [5, 5.41) is 120. The molecule has 0 aromatic heterocycles.